The largest absolute Gasteiger partial charge is 0.383 e. The first-order valence-corrected chi connectivity index (χ1v) is 8.09. The molecule has 7 heteroatoms. The van der Waals surface area contributed by atoms with Crippen LogP contribution in [0.2, 0.25) is 0 Å². The first-order chi connectivity index (χ1) is 11.2. The van der Waals surface area contributed by atoms with Crippen LogP contribution >= 0.6 is 24.0 Å². The average molecular weight is 452 g/mol. The van der Waals surface area contributed by atoms with Crippen molar-refractivity contribution in [3.8, 4) is 0 Å². The Labute approximate surface area is 162 Å². The molecule has 1 aromatic carbocycles. The van der Waals surface area contributed by atoms with Crippen LogP contribution in [0, 0.1) is 5.82 Å². The van der Waals surface area contributed by atoms with Gasteiger partial charge in [-0.2, -0.15) is 0 Å². The van der Waals surface area contributed by atoms with Crippen molar-refractivity contribution in [2.75, 3.05) is 53.5 Å². The second-order valence-electron chi connectivity index (χ2n) is 5.36. The predicted molar refractivity (Wildman–Crippen MR) is 109 cm³/mol. The first kappa shape index (κ1) is 23.1. The molecule has 138 valence electrons. The van der Waals surface area contributed by atoms with Crippen molar-refractivity contribution in [3.05, 3.63) is 35.6 Å². The van der Waals surface area contributed by atoms with E-state index in [1.807, 2.05) is 13.0 Å². The van der Waals surface area contributed by atoms with Gasteiger partial charge in [-0.15, -0.1) is 24.0 Å². The highest BCUT2D eigenvalue weighted by Gasteiger charge is 2.00. The molecule has 0 amide bonds. The van der Waals surface area contributed by atoms with Crippen LogP contribution in [-0.4, -0.2) is 64.3 Å². The van der Waals surface area contributed by atoms with Gasteiger partial charge in [-0.1, -0.05) is 12.1 Å². The molecule has 0 bridgehead atoms. The summed E-state index contributed by atoms with van der Waals surface area (Å²) in [5, 5.41) is 6.50. The van der Waals surface area contributed by atoms with E-state index in [0.717, 1.165) is 57.3 Å². The lowest BCUT2D eigenvalue weighted by molar-refractivity contribution is 0.163. The molecule has 24 heavy (non-hydrogen) atoms. The van der Waals surface area contributed by atoms with Gasteiger partial charge >= 0.3 is 0 Å². The van der Waals surface area contributed by atoms with E-state index in [1.54, 1.807) is 19.2 Å². The Balaban J connectivity index is 0.00000529. The van der Waals surface area contributed by atoms with E-state index in [0.29, 0.717) is 0 Å². The number of rotatable bonds is 10. The van der Waals surface area contributed by atoms with E-state index < -0.39 is 0 Å². The Hall–Kier alpha value is -0.930. The summed E-state index contributed by atoms with van der Waals surface area (Å²) in [6.45, 7) is 6.79. The Bertz CT molecular complexity index is 474. The molecule has 0 saturated heterocycles. The number of methoxy groups -OCH3 is 1. The van der Waals surface area contributed by atoms with Crippen molar-refractivity contribution in [3.63, 3.8) is 0 Å². The normalized spacial score (nSPS) is 11.3. The third-order valence-corrected chi connectivity index (χ3v) is 3.37. The molecular weight excluding hydrogens is 422 g/mol. The maximum absolute atomic E-state index is 13.1. The number of aliphatic imine (C=N–C) groups is 1. The van der Waals surface area contributed by atoms with E-state index >= 15 is 0 Å². The number of hydrogen-bond acceptors (Lipinski definition) is 3. The Morgan fingerprint density at radius 2 is 2.08 bits per heavy atom. The van der Waals surface area contributed by atoms with Crippen molar-refractivity contribution in [2.24, 2.45) is 4.99 Å². The molecule has 0 aliphatic carbocycles. The van der Waals surface area contributed by atoms with E-state index in [-0.39, 0.29) is 29.8 Å². The Kier molecular flexibility index (Phi) is 13.9. The van der Waals surface area contributed by atoms with E-state index in [9.17, 15) is 4.39 Å². The molecule has 0 aliphatic heterocycles. The molecule has 2 N–H and O–H groups in total. The maximum atomic E-state index is 13.1. The van der Waals surface area contributed by atoms with Crippen LogP contribution in [-0.2, 0) is 11.2 Å². The summed E-state index contributed by atoms with van der Waals surface area (Å²) < 4.78 is 18.2. The van der Waals surface area contributed by atoms with E-state index in [4.69, 9.17) is 4.74 Å². The number of nitrogens with zero attached hydrogens (tertiary/aromatic N) is 2. The standard InChI is InChI=1S/C17H29FN4O.HI/c1-4-19-17(21-10-11-22(2)12-13-23-3)20-9-8-15-6-5-7-16(18)14-15;/h5-7,14H,4,8-13H2,1-3H3,(H2,19,20,21);1H. The topological polar surface area (TPSA) is 48.9 Å². The highest BCUT2D eigenvalue weighted by atomic mass is 127. The van der Waals surface area contributed by atoms with Gasteiger partial charge in [-0.3, -0.25) is 4.99 Å². The SMILES string of the molecule is CCNC(=NCCN(C)CCOC)NCCc1cccc(F)c1.I. The van der Waals surface area contributed by atoms with Gasteiger partial charge in [0.15, 0.2) is 5.96 Å². The zero-order chi connectivity index (χ0) is 16.9. The number of hydrogen-bond donors (Lipinski definition) is 2. The number of benzene rings is 1. The number of likely N-dealkylation sites (N-methyl/N-ethyl adjacent to an activating group) is 1. The minimum atomic E-state index is -0.192. The number of ether oxygens (including phenoxy) is 1. The number of nitrogens with one attached hydrogen (secondary N) is 2. The van der Waals surface area contributed by atoms with Gasteiger partial charge in [-0.25, -0.2) is 4.39 Å². The zero-order valence-electron chi connectivity index (χ0n) is 14.8. The molecule has 0 atom stereocenters. The molecule has 0 fully saturated rings. The lowest BCUT2D eigenvalue weighted by atomic mass is 10.1. The zero-order valence-corrected chi connectivity index (χ0v) is 17.2. The Morgan fingerprint density at radius 1 is 1.29 bits per heavy atom. The van der Waals surface area contributed by atoms with Crippen LogP contribution in [0.15, 0.2) is 29.3 Å². The lowest BCUT2D eigenvalue weighted by Crippen LogP contribution is -2.39. The van der Waals surface area contributed by atoms with Crippen LogP contribution in [0.3, 0.4) is 0 Å². The van der Waals surface area contributed by atoms with Gasteiger partial charge in [0.05, 0.1) is 13.2 Å². The third kappa shape index (κ3) is 10.8. The van der Waals surface area contributed by atoms with Crippen LogP contribution in [0.5, 0.6) is 0 Å². The van der Waals surface area contributed by atoms with Gasteiger partial charge in [0.2, 0.25) is 0 Å². The molecule has 0 unspecified atom stereocenters. The molecule has 0 spiro atoms. The maximum Gasteiger partial charge on any atom is 0.191 e. The van der Waals surface area contributed by atoms with Crippen LogP contribution in [0.4, 0.5) is 4.39 Å². The fourth-order valence-corrected chi connectivity index (χ4v) is 2.05. The van der Waals surface area contributed by atoms with E-state index in [2.05, 4.69) is 27.6 Å². The fraction of sp³-hybridized carbons (Fsp3) is 0.588. The Morgan fingerprint density at radius 3 is 2.75 bits per heavy atom. The van der Waals surface area contributed by atoms with Crippen LogP contribution in [0.1, 0.15) is 12.5 Å². The minimum absolute atomic E-state index is 0. The van der Waals surface area contributed by atoms with Crippen molar-refractivity contribution in [2.45, 2.75) is 13.3 Å². The molecule has 0 heterocycles. The summed E-state index contributed by atoms with van der Waals surface area (Å²) in [6, 6.07) is 6.69. The number of guanidine groups is 1. The average Bonchev–Trinajstić information content (AvgIpc) is 2.53. The molecule has 0 saturated carbocycles. The summed E-state index contributed by atoms with van der Waals surface area (Å²) in [5.74, 6) is 0.603. The molecular formula is C17H30FIN4O. The summed E-state index contributed by atoms with van der Waals surface area (Å²) in [6.07, 6.45) is 0.760. The van der Waals surface area contributed by atoms with Gasteiger partial charge in [0.1, 0.15) is 5.82 Å². The third-order valence-electron chi connectivity index (χ3n) is 3.37. The molecule has 0 radical (unpaired) electrons. The molecule has 1 aromatic rings. The molecule has 0 aliphatic rings. The first-order valence-electron chi connectivity index (χ1n) is 8.09. The summed E-state index contributed by atoms with van der Waals surface area (Å²) in [7, 11) is 3.76. The summed E-state index contributed by atoms with van der Waals surface area (Å²) >= 11 is 0. The fourth-order valence-electron chi connectivity index (χ4n) is 2.05. The summed E-state index contributed by atoms with van der Waals surface area (Å²) in [4.78, 5) is 6.73. The predicted octanol–water partition coefficient (Wildman–Crippen LogP) is 2.12. The second kappa shape index (κ2) is 14.4. The minimum Gasteiger partial charge on any atom is -0.383 e. The van der Waals surface area contributed by atoms with Gasteiger partial charge in [0, 0.05) is 33.3 Å². The highest BCUT2D eigenvalue weighted by Crippen LogP contribution is 2.03. The molecule has 1 rings (SSSR count). The quantitative estimate of drug-likeness (QED) is 0.325. The summed E-state index contributed by atoms with van der Waals surface area (Å²) in [5.41, 5.74) is 0.979. The van der Waals surface area contributed by atoms with Crippen molar-refractivity contribution in [1.29, 1.82) is 0 Å². The lowest BCUT2D eigenvalue weighted by Gasteiger charge is -2.15. The van der Waals surface area contributed by atoms with Gasteiger partial charge in [-0.05, 0) is 38.1 Å². The van der Waals surface area contributed by atoms with Crippen molar-refractivity contribution < 1.29 is 9.13 Å². The van der Waals surface area contributed by atoms with Gasteiger partial charge < -0.3 is 20.3 Å². The van der Waals surface area contributed by atoms with Gasteiger partial charge in [0.25, 0.3) is 0 Å². The second-order valence-corrected chi connectivity index (χ2v) is 5.36. The van der Waals surface area contributed by atoms with Crippen molar-refractivity contribution in [1.82, 2.24) is 15.5 Å². The smallest absolute Gasteiger partial charge is 0.191 e. The van der Waals surface area contributed by atoms with Crippen LogP contribution in [0.25, 0.3) is 0 Å². The number of halogens is 2. The van der Waals surface area contributed by atoms with Crippen molar-refractivity contribution >= 4 is 29.9 Å². The highest BCUT2D eigenvalue weighted by molar-refractivity contribution is 14.0. The van der Waals surface area contributed by atoms with E-state index in [1.165, 1.54) is 6.07 Å². The monoisotopic (exact) mass is 452 g/mol. The van der Waals surface area contributed by atoms with Crippen LogP contribution < -0.4 is 10.6 Å². The molecule has 0 aromatic heterocycles. The molecule has 5 nitrogen and oxygen atoms in total.